The summed E-state index contributed by atoms with van der Waals surface area (Å²) in [6.45, 7) is 9.84. The topological polar surface area (TPSA) is 13.0 Å². The van der Waals surface area contributed by atoms with Crippen molar-refractivity contribution in [2.24, 2.45) is 0 Å². The van der Waals surface area contributed by atoms with Crippen LogP contribution in [-0.4, -0.2) is 14.0 Å². The van der Waals surface area contributed by atoms with Gasteiger partial charge in [0.1, 0.15) is 0 Å². The van der Waals surface area contributed by atoms with Crippen molar-refractivity contribution < 1.29 is 0 Å². The molecule has 0 N–H and O–H groups in total. The van der Waals surface area contributed by atoms with Crippen LogP contribution in [-0.2, 0) is 10.8 Å². The standard InChI is InChI=1S/C48H36B2N4/c1-47(2)33-21-9-15-27-39(33)53-45-41(47)43-46-42(44(45)52-38-26-14-8-20-32(38)30-18-6-12-24-36(30)50(52)53)48(3,4)34-22-10-16-28-40(34)54(46)49-35-23-11-5-17-29(35)31-19-7-13-25-37(31)51(43)49/h5-28H,1-4H3. The lowest BCUT2D eigenvalue weighted by molar-refractivity contribution is 0.623. The molecule has 0 aliphatic carbocycles. The molecule has 0 radical (unpaired) electrons. The minimum absolute atomic E-state index is 0.0348. The Morgan fingerprint density at radius 3 is 1.04 bits per heavy atom. The van der Waals surface area contributed by atoms with Gasteiger partial charge in [0.2, 0.25) is 0 Å². The van der Waals surface area contributed by atoms with E-state index in [1.807, 2.05) is 0 Å². The van der Waals surface area contributed by atoms with Gasteiger partial charge < -0.3 is 19.2 Å². The average Bonchev–Trinajstić information content (AvgIpc) is 3.74. The van der Waals surface area contributed by atoms with Gasteiger partial charge in [0.25, 0.3) is 0 Å². The summed E-state index contributed by atoms with van der Waals surface area (Å²) in [5.74, 6) is 0. The fourth-order valence-electron chi connectivity index (χ4n) is 11.6. The molecule has 6 heteroatoms. The van der Waals surface area contributed by atoms with Gasteiger partial charge in [-0.25, -0.2) is 0 Å². The van der Waals surface area contributed by atoms with Crippen molar-refractivity contribution in [3.8, 4) is 22.3 Å². The van der Waals surface area contributed by atoms with E-state index in [9.17, 15) is 0 Å². The molecule has 6 aliphatic rings. The molecular weight excluding hydrogens is 654 g/mol. The molecule has 0 saturated carbocycles. The number of para-hydroxylation sites is 4. The van der Waals surface area contributed by atoms with E-state index in [1.54, 1.807) is 0 Å². The summed E-state index contributed by atoms with van der Waals surface area (Å²) in [5, 5.41) is 0. The van der Waals surface area contributed by atoms with Crippen molar-refractivity contribution >= 4 is 70.4 Å². The van der Waals surface area contributed by atoms with E-state index in [-0.39, 0.29) is 24.8 Å². The Morgan fingerprint density at radius 2 is 0.630 bits per heavy atom. The van der Waals surface area contributed by atoms with Gasteiger partial charge in [0.05, 0.1) is 22.7 Å². The number of anilines is 8. The molecule has 6 aliphatic heterocycles. The minimum Gasteiger partial charge on any atom is -0.359 e. The van der Waals surface area contributed by atoms with Crippen molar-refractivity contribution in [2.45, 2.75) is 38.5 Å². The zero-order chi connectivity index (χ0) is 35.8. The molecule has 54 heavy (non-hydrogen) atoms. The lowest BCUT2D eigenvalue weighted by Gasteiger charge is -2.45. The van der Waals surface area contributed by atoms with Crippen LogP contribution < -0.4 is 30.2 Å². The summed E-state index contributed by atoms with van der Waals surface area (Å²) in [4.78, 5) is 10.9. The van der Waals surface area contributed by atoms with E-state index < -0.39 is 0 Å². The fourth-order valence-corrected chi connectivity index (χ4v) is 11.6. The third-order valence-electron chi connectivity index (χ3n) is 13.6. The maximum Gasteiger partial charge on any atom is 0.421 e. The Labute approximate surface area is 317 Å². The number of hydrogen-bond acceptors (Lipinski definition) is 4. The van der Waals surface area contributed by atoms with Crippen LogP contribution in [0, 0.1) is 0 Å². The smallest absolute Gasteiger partial charge is 0.359 e. The molecule has 254 valence electrons. The molecule has 4 nitrogen and oxygen atoms in total. The van der Waals surface area contributed by atoms with Crippen LogP contribution in [0.4, 0.5) is 45.5 Å². The fraction of sp³-hybridized carbons (Fsp3) is 0.125. The first-order chi connectivity index (χ1) is 26.4. The summed E-state index contributed by atoms with van der Waals surface area (Å²) in [6.07, 6.45) is 0. The Kier molecular flexibility index (Phi) is 5.16. The molecular formula is C48H36B2N4. The second kappa shape index (κ2) is 9.50. The van der Waals surface area contributed by atoms with Crippen LogP contribution >= 0.6 is 0 Å². The molecule has 0 unspecified atom stereocenters. The number of fused-ring (bicyclic) bond motifs is 22. The highest BCUT2D eigenvalue weighted by Gasteiger charge is 2.62. The van der Waals surface area contributed by atoms with E-state index in [0.29, 0.717) is 0 Å². The first kappa shape index (κ1) is 29.3. The maximum atomic E-state index is 2.73. The molecule has 0 amide bonds. The predicted molar refractivity (Wildman–Crippen MR) is 227 cm³/mol. The van der Waals surface area contributed by atoms with Crippen LogP contribution in [0.2, 0.25) is 0 Å². The normalized spacial score (nSPS) is 17.3. The second-order valence-corrected chi connectivity index (χ2v) is 16.9. The Hall–Kier alpha value is -6.13. The van der Waals surface area contributed by atoms with Gasteiger partial charge in [-0.2, -0.15) is 0 Å². The van der Waals surface area contributed by atoms with E-state index in [1.165, 1.54) is 101 Å². The van der Waals surface area contributed by atoms with Crippen molar-refractivity contribution in [1.82, 2.24) is 0 Å². The molecule has 0 atom stereocenters. The molecule has 13 rings (SSSR count). The van der Waals surface area contributed by atoms with Crippen molar-refractivity contribution in [3.05, 3.63) is 168 Å². The van der Waals surface area contributed by atoms with Crippen molar-refractivity contribution in [3.63, 3.8) is 0 Å². The predicted octanol–water partition coefficient (Wildman–Crippen LogP) is 10.3. The van der Waals surface area contributed by atoms with E-state index >= 15 is 0 Å². The third kappa shape index (κ3) is 3.13. The van der Waals surface area contributed by atoms with Gasteiger partial charge in [-0.3, -0.25) is 0 Å². The Balaban J connectivity index is 1.27. The van der Waals surface area contributed by atoms with Gasteiger partial charge >= 0.3 is 14.0 Å². The molecule has 0 spiro atoms. The maximum absolute atomic E-state index is 2.73. The van der Waals surface area contributed by atoms with Gasteiger partial charge in [-0.15, -0.1) is 0 Å². The van der Waals surface area contributed by atoms with Gasteiger partial charge in [0.15, 0.2) is 0 Å². The van der Waals surface area contributed by atoms with Gasteiger partial charge in [0, 0.05) is 55.8 Å². The lowest BCUT2D eigenvalue weighted by Crippen LogP contribution is -2.58. The summed E-state index contributed by atoms with van der Waals surface area (Å²) in [7, 11) is 0. The van der Waals surface area contributed by atoms with Crippen molar-refractivity contribution in [2.75, 3.05) is 19.2 Å². The molecule has 7 aromatic rings. The van der Waals surface area contributed by atoms with Crippen molar-refractivity contribution in [1.29, 1.82) is 0 Å². The number of hydrogen-bond donors (Lipinski definition) is 0. The van der Waals surface area contributed by atoms with E-state index in [0.717, 1.165) is 0 Å². The second-order valence-electron chi connectivity index (χ2n) is 16.9. The number of rotatable bonds is 0. The van der Waals surface area contributed by atoms with Crippen LogP contribution in [0.1, 0.15) is 49.9 Å². The molecule has 0 fully saturated rings. The monoisotopic (exact) mass is 690 g/mol. The van der Waals surface area contributed by atoms with Crippen LogP contribution in [0.25, 0.3) is 22.3 Å². The third-order valence-corrected chi connectivity index (χ3v) is 13.6. The quantitative estimate of drug-likeness (QED) is 0.147. The van der Waals surface area contributed by atoms with Crippen LogP contribution in [0.5, 0.6) is 0 Å². The summed E-state index contributed by atoms with van der Waals surface area (Å²) < 4.78 is 0. The highest BCUT2D eigenvalue weighted by Crippen LogP contribution is 2.71. The molecule has 6 heterocycles. The first-order valence-corrected chi connectivity index (χ1v) is 19.4. The summed E-state index contributed by atoms with van der Waals surface area (Å²) >= 11 is 0. The molecule has 7 aromatic carbocycles. The summed E-state index contributed by atoms with van der Waals surface area (Å²) in [6, 6.07) is 55.0. The highest BCUT2D eigenvalue weighted by atomic mass is 15.4. The SMILES string of the molecule is CC1(C)c2ccccc2N2B3c4ccccc4-c4ccccc4N3c3c2c1c1c2c3C(C)(C)c3ccccc3N2B2c3ccccc3-c3ccccc3N21. The van der Waals surface area contributed by atoms with Gasteiger partial charge in [-0.1, -0.05) is 149 Å². The number of nitrogens with zero attached hydrogens (tertiary/aromatic N) is 4. The van der Waals surface area contributed by atoms with E-state index in [4.69, 9.17) is 0 Å². The minimum atomic E-state index is -0.303. The average molecular weight is 690 g/mol. The number of benzene rings is 7. The van der Waals surface area contributed by atoms with Crippen LogP contribution in [0.15, 0.2) is 146 Å². The molecule has 0 saturated heterocycles. The highest BCUT2D eigenvalue weighted by molar-refractivity contribution is 6.88. The zero-order valence-electron chi connectivity index (χ0n) is 30.8. The lowest BCUT2D eigenvalue weighted by atomic mass is 9.57. The zero-order valence-corrected chi connectivity index (χ0v) is 30.8. The summed E-state index contributed by atoms with van der Waals surface area (Å²) in [5.41, 5.74) is 23.5. The van der Waals surface area contributed by atoms with Gasteiger partial charge in [-0.05, 0) is 57.4 Å². The Morgan fingerprint density at radius 1 is 0.333 bits per heavy atom. The molecule has 0 bridgehead atoms. The molecule has 0 aromatic heterocycles. The Bertz CT molecular complexity index is 2660. The first-order valence-electron chi connectivity index (χ1n) is 19.4. The van der Waals surface area contributed by atoms with E-state index in [2.05, 4.69) is 193 Å². The largest absolute Gasteiger partial charge is 0.421 e. The van der Waals surface area contributed by atoms with Crippen LogP contribution in [0.3, 0.4) is 0 Å².